The molecule has 0 unspecified atom stereocenters. The summed E-state index contributed by atoms with van der Waals surface area (Å²) in [5.74, 6) is 2.31. The molecule has 0 amide bonds. The van der Waals surface area contributed by atoms with Crippen LogP contribution in [0.4, 0.5) is 0 Å². The molecular weight excluding hydrogens is 314 g/mol. The van der Waals surface area contributed by atoms with Gasteiger partial charge in [-0.15, -0.1) is 0 Å². The topological polar surface area (TPSA) is 40.6 Å². The number of ether oxygens (including phenoxy) is 3. The van der Waals surface area contributed by atoms with Crippen molar-refractivity contribution in [2.24, 2.45) is 0 Å². The van der Waals surface area contributed by atoms with Crippen LogP contribution >= 0.6 is 0 Å². The van der Waals surface area contributed by atoms with Gasteiger partial charge < -0.3 is 14.2 Å². The zero-order valence-electron chi connectivity index (χ0n) is 15.5. The highest BCUT2D eigenvalue weighted by atomic mass is 16.5. The van der Waals surface area contributed by atoms with E-state index in [1.807, 2.05) is 56.4 Å². The first-order valence-electron chi connectivity index (χ1n) is 8.37. The maximum absolute atomic E-state index is 5.37. The summed E-state index contributed by atoms with van der Waals surface area (Å²) in [6.07, 6.45) is 2.56. The van der Waals surface area contributed by atoms with E-state index in [0.29, 0.717) is 0 Å². The molecule has 0 radical (unpaired) electrons. The van der Waals surface area contributed by atoms with Crippen LogP contribution in [0.25, 0.3) is 10.8 Å². The van der Waals surface area contributed by atoms with Crippen LogP contribution in [0.15, 0.2) is 48.7 Å². The first kappa shape index (κ1) is 18.6. The molecule has 3 rings (SSSR count). The molecule has 0 aliphatic heterocycles. The molecule has 0 N–H and O–H groups in total. The largest absolute Gasteiger partial charge is 0.497 e. The van der Waals surface area contributed by atoms with Crippen LogP contribution in [-0.2, 0) is 6.42 Å². The fourth-order valence-corrected chi connectivity index (χ4v) is 2.67. The Labute approximate surface area is 149 Å². The Balaban J connectivity index is 0.00000109. The van der Waals surface area contributed by atoms with Gasteiger partial charge in [-0.1, -0.05) is 19.9 Å². The van der Waals surface area contributed by atoms with Gasteiger partial charge in [0.15, 0.2) is 11.5 Å². The molecule has 0 atom stereocenters. The highest BCUT2D eigenvalue weighted by Crippen LogP contribution is 2.29. The van der Waals surface area contributed by atoms with Crippen molar-refractivity contribution in [1.82, 2.24) is 4.98 Å². The van der Waals surface area contributed by atoms with Gasteiger partial charge in [0.1, 0.15) is 5.75 Å². The summed E-state index contributed by atoms with van der Waals surface area (Å²) in [4.78, 5) is 4.54. The van der Waals surface area contributed by atoms with Crippen LogP contribution in [0.3, 0.4) is 0 Å². The van der Waals surface area contributed by atoms with Gasteiger partial charge >= 0.3 is 0 Å². The monoisotopic (exact) mass is 339 g/mol. The summed E-state index contributed by atoms with van der Waals surface area (Å²) in [5, 5.41) is 2.25. The minimum atomic E-state index is 0.726. The highest BCUT2D eigenvalue weighted by molar-refractivity contribution is 5.86. The Morgan fingerprint density at radius 2 is 1.56 bits per heavy atom. The first-order valence-corrected chi connectivity index (χ1v) is 8.37. The van der Waals surface area contributed by atoms with Gasteiger partial charge in [-0.05, 0) is 47.3 Å². The number of pyridine rings is 1. The third kappa shape index (κ3) is 4.21. The van der Waals surface area contributed by atoms with Crippen molar-refractivity contribution in [3.05, 3.63) is 59.9 Å². The lowest BCUT2D eigenvalue weighted by atomic mass is 10.0. The maximum Gasteiger partial charge on any atom is 0.160 e. The predicted octanol–water partition coefficient (Wildman–Crippen LogP) is 4.88. The molecule has 0 aliphatic rings. The smallest absolute Gasteiger partial charge is 0.160 e. The van der Waals surface area contributed by atoms with Crippen LogP contribution in [0.2, 0.25) is 0 Å². The Morgan fingerprint density at radius 3 is 2.24 bits per heavy atom. The molecule has 4 heteroatoms. The number of fused-ring (bicyclic) bond motifs is 1. The molecule has 0 saturated heterocycles. The van der Waals surface area contributed by atoms with Crippen LogP contribution in [0.1, 0.15) is 25.1 Å². The van der Waals surface area contributed by atoms with E-state index >= 15 is 0 Å². The van der Waals surface area contributed by atoms with Gasteiger partial charge in [0.05, 0.1) is 27.0 Å². The molecule has 25 heavy (non-hydrogen) atoms. The second-order valence-electron chi connectivity index (χ2n) is 5.21. The van der Waals surface area contributed by atoms with Crippen molar-refractivity contribution in [1.29, 1.82) is 0 Å². The molecule has 132 valence electrons. The number of aromatic nitrogens is 1. The zero-order valence-corrected chi connectivity index (χ0v) is 15.5. The predicted molar refractivity (Wildman–Crippen MR) is 102 cm³/mol. The Morgan fingerprint density at radius 1 is 0.800 bits per heavy atom. The zero-order chi connectivity index (χ0) is 18.2. The van der Waals surface area contributed by atoms with Crippen molar-refractivity contribution in [2.75, 3.05) is 21.3 Å². The maximum atomic E-state index is 5.37. The van der Waals surface area contributed by atoms with E-state index in [2.05, 4.69) is 11.1 Å². The molecule has 0 spiro atoms. The SMILES string of the molecule is CC.COc1ccc2c(Cc3ccc(OC)c(OC)c3)nccc2c1. The number of benzene rings is 2. The molecule has 0 fully saturated rings. The van der Waals surface area contributed by atoms with Crippen molar-refractivity contribution < 1.29 is 14.2 Å². The van der Waals surface area contributed by atoms with Crippen molar-refractivity contribution in [3.8, 4) is 17.2 Å². The Hall–Kier alpha value is -2.75. The van der Waals surface area contributed by atoms with E-state index in [9.17, 15) is 0 Å². The molecule has 0 aliphatic carbocycles. The van der Waals surface area contributed by atoms with Crippen molar-refractivity contribution in [2.45, 2.75) is 20.3 Å². The number of rotatable bonds is 5. The molecule has 1 aromatic heterocycles. The number of hydrogen-bond acceptors (Lipinski definition) is 4. The lowest BCUT2D eigenvalue weighted by Gasteiger charge is -2.11. The standard InChI is InChI=1S/C19H19NO3.C2H6/c1-21-15-5-6-16-14(12-15)8-9-20-17(16)10-13-4-7-18(22-2)19(11-13)23-3;1-2/h4-9,11-12H,10H2,1-3H3;1-2H3. The molecule has 0 saturated carbocycles. The Bertz CT molecular complexity index is 830. The van der Waals surface area contributed by atoms with Crippen molar-refractivity contribution in [3.63, 3.8) is 0 Å². The lowest BCUT2D eigenvalue weighted by Crippen LogP contribution is -1.96. The first-order chi connectivity index (χ1) is 12.2. The van der Waals surface area contributed by atoms with Gasteiger partial charge in [-0.3, -0.25) is 4.98 Å². The summed E-state index contributed by atoms with van der Waals surface area (Å²) in [6.45, 7) is 4.00. The second-order valence-corrected chi connectivity index (χ2v) is 5.21. The van der Waals surface area contributed by atoms with E-state index in [4.69, 9.17) is 14.2 Å². The van der Waals surface area contributed by atoms with E-state index in [-0.39, 0.29) is 0 Å². The molecular formula is C21H25NO3. The normalized spacial score (nSPS) is 9.96. The average molecular weight is 339 g/mol. The second kappa shape index (κ2) is 8.92. The third-order valence-corrected chi connectivity index (χ3v) is 3.87. The quantitative estimate of drug-likeness (QED) is 0.664. The van der Waals surface area contributed by atoms with Crippen LogP contribution in [0.5, 0.6) is 17.2 Å². The highest BCUT2D eigenvalue weighted by Gasteiger charge is 2.08. The minimum Gasteiger partial charge on any atom is -0.497 e. The van der Waals surface area contributed by atoms with Crippen LogP contribution in [-0.4, -0.2) is 26.3 Å². The summed E-state index contributed by atoms with van der Waals surface area (Å²) in [7, 11) is 4.95. The van der Waals surface area contributed by atoms with E-state index in [1.165, 1.54) is 0 Å². The van der Waals surface area contributed by atoms with E-state index < -0.39 is 0 Å². The molecule has 1 heterocycles. The Kier molecular flexibility index (Phi) is 6.63. The third-order valence-electron chi connectivity index (χ3n) is 3.87. The van der Waals surface area contributed by atoms with Gasteiger partial charge in [0.25, 0.3) is 0 Å². The van der Waals surface area contributed by atoms with Crippen LogP contribution in [0, 0.1) is 0 Å². The van der Waals surface area contributed by atoms with Gasteiger partial charge in [0, 0.05) is 18.0 Å². The molecule has 2 aromatic carbocycles. The molecule has 0 bridgehead atoms. The van der Waals surface area contributed by atoms with E-state index in [1.54, 1.807) is 21.3 Å². The molecule has 3 aromatic rings. The summed E-state index contributed by atoms with van der Waals surface area (Å²) in [5.41, 5.74) is 2.15. The summed E-state index contributed by atoms with van der Waals surface area (Å²) in [6, 6.07) is 14.0. The summed E-state index contributed by atoms with van der Waals surface area (Å²) < 4.78 is 15.9. The van der Waals surface area contributed by atoms with Gasteiger partial charge in [-0.25, -0.2) is 0 Å². The van der Waals surface area contributed by atoms with Crippen LogP contribution < -0.4 is 14.2 Å². The molecule has 4 nitrogen and oxygen atoms in total. The minimum absolute atomic E-state index is 0.726. The number of nitrogens with zero attached hydrogens (tertiary/aromatic N) is 1. The van der Waals surface area contributed by atoms with Crippen molar-refractivity contribution >= 4 is 10.8 Å². The van der Waals surface area contributed by atoms with Gasteiger partial charge in [-0.2, -0.15) is 0 Å². The number of hydrogen-bond donors (Lipinski definition) is 0. The fraction of sp³-hybridized carbons (Fsp3) is 0.286. The van der Waals surface area contributed by atoms with Gasteiger partial charge in [0.2, 0.25) is 0 Å². The lowest BCUT2D eigenvalue weighted by molar-refractivity contribution is 0.354. The fourth-order valence-electron chi connectivity index (χ4n) is 2.67. The summed E-state index contributed by atoms with van der Waals surface area (Å²) >= 11 is 0. The average Bonchev–Trinajstić information content (AvgIpc) is 2.69. The van der Waals surface area contributed by atoms with E-state index in [0.717, 1.165) is 45.7 Å². The number of methoxy groups -OCH3 is 3.